The number of esters is 1. The van der Waals surface area contributed by atoms with E-state index in [0.717, 1.165) is 77.0 Å². The molecule has 0 aromatic rings. The summed E-state index contributed by atoms with van der Waals surface area (Å²) in [5.41, 5.74) is 0. The predicted octanol–water partition coefficient (Wildman–Crippen LogP) is 18.5. The first-order valence-electron chi connectivity index (χ1n) is 36.1. The van der Waals surface area contributed by atoms with Gasteiger partial charge >= 0.3 is 5.97 Å². The molecule has 0 aromatic carbocycles. The lowest BCUT2D eigenvalue weighted by atomic mass is 9.99. The van der Waals surface area contributed by atoms with Gasteiger partial charge in [-0.05, 0) is 70.6 Å². The Morgan fingerprint density at radius 3 is 1.24 bits per heavy atom. The fourth-order valence-corrected chi connectivity index (χ4v) is 11.2. The number of carbonyl (C=O) groups is 2. The molecule has 8 unspecified atom stereocenters. The number of aliphatic hydroxyl groups excluding tert-OH is 5. The van der Waals surface area contributed by atoms with E-state index in [1.54, 1.807) is 6.08 Å². The first-order chi connectivity index (χ1) is 41.7. The number of hydrogen-bond donors (Lipinski definition) is 6. The van der Waals surface area contributed by atoms with Gasteiger partial charge in [-0.1, -0.05) is 319 Å². The van der Waals surface area contributed by atoms with Crippen LogP contribution in [0.15, 0.2) is 60.8 Å². The minimum absolute atomic E-state index is 0.0861. The molecule has 1 aliphatic heterocycles. The van der Waals surface area contributed by atoms with Crippen LogP contribution in [0.25, 0.3) is 0 Å². The van der Waals surface area contributed by atoms with Crippen LogP contribution >= 0.6 is 0 Å². The van der Waals surface area contributed by atoms with Gasteiger partial charge in [-0.15, -0.1) is 0 Å². The Morgan fingerprint density at radius 1 is 0.459 bits per heavy atom. The molecular formula is C74H135NO10. The number of aliphatic hydroxyl groups is 5. The highest BCUT2D eigenvalue weighted by atomic mass is 16.7. The van der Waals surface area contributed by atoms with Crippen molar-refractivity contribution >= 4 is 11.9 Å². The average molecular weight is 1200 g/mol. The largest absolute Gasteiger partial charge is 0.454 e. The van der Waals surface area contributed by atoms with Gasteiger partial charge in [0.2, 0.25) is 5.91 Å². The van der Waals surface area contributed by atoms with Crippen LogP contribution in [0, 0.1) is 0 Å². The van der Waals surface area contributed by atoms with Gasteiger partial charge < -0.3 is 45.1 Å². The molecule has 11 heteroatoms. The summed E-state index contributed by atoms with van der Waals surface area (Å²) < 4.78 is 17.6. The second-order valence-electron chi connectivity index (χ2n) is 25.0. The molecule has 0 bridgehead atoms. The van der Waals surface area contributed by atoms with Gasteiger partial charge in [0, 0.05) is 6.42 Å². The van der Waals surface area contributed by atoms with Gasteiger partial charge in [-0.3, -0.25) is 9.59 Å². The number of unbranched alkanes of at least 4 members (excludes halogenated alkanes) is 40. The molecule has 1 heterocycles. The molecule has 0 saturated carbocycles. The lowest BCUT2D eigenvalue weighted by molar-refractivity contribution is -0.305. The maximum absolute atomic E-state index is 13.5. The molecular weight excluding hydrogens is 1060 g/mol. The van der Waals surface area contributed by atoms with E-state index in [-0.39, 0.29) is 13.0 Å². The molecule has 496 valence electrons. The van der Waals surface area contributed by atoms with E-state index in [1.807, 2.05) is 6.08 Å². The van der Waals surface area contributed by atoms with E-state index >= 15 is 0 Å². The Labute approximate surface area is 522 Å². The number of amides is 1. The van der Waals surface area contributed by atoms with Gasteiger partial charge in [0.25, 0.3) is 0 Å². The van der Waals surface area contributed by atoms with E-state index in [2.05, 4.69) is 74.7 Å². The van der Waals surface area contributed by atoms with Gasteiger partial charge in [0.05, 0.1) is 25.4 Å². The van der Waals surface area contributed by atoms with Crippen molar-refractivity contribution < 1.29 is 49.3 Å². The van der Waals surface area contributed by atoms with Crippen LogP contribution in [0.5, 0.6) is 0 Å². The van der Waals surface area contributed by atoms with Crippen LogP contribution in [0.1, 0.15) is 335 Å². The molecule has 1 rings (SSSR count). The van der Waals surface area contributed by atoms with Crippen molar-refractivity contribution in [3.8, 4) is 0 Å². The summed E-state index contributed by atoms with van der Waals surface area (Å²) >= 11 is 0. The first-order valence-corrected chi connectivity index (χ1v) is 36.1. The third-order valence-corrected chi connectivity index (χ3v) is 16.9. The van der Waals surface area contributed by atoms with E-state index in [1.165, 1.54) is 212 Å². The van der Waals surface area contributed by atoms with Crippen molar-refractivity contribution in [2.45, 2.75) is 384 Å². The lowest BCUT2D eigenvalue weighted by Gasteiger charge is -2.41. The number of hydrogen-bond acceptors (Lipinski definition) is 10. The highest BCUT2D eigenvalue weighted by molar-refractivity contribution is 5.80. The number of rotatable bonds is 62. The molecule has 0 aromatic heterocycles. The standard InChI is InChI=1S/C74H135NO10/c1-4-7-10-13-16-19-22-24-26-28-30-31-32-33-34-35-36-38-39-41-43-46-49-52-55-58-61-67(78)73(82)75-65(66(77)60-57-54-51-48-45-21-18-15-12-9-6-3)64-83-74-72(71(81)70(80)68(63-76)84-74)85-69(79)62-59-56-53-50-47-44-42-40-37-29-27-25-23-20-17-14-11-8-5-2/h17,20,25,27,37,40,44,47,57,60,65-68,70-72,74,76-78,80-81H,4-16,18-19,21-24,26,28-36,38-39,41-43,45-46,48-56,58-59,61-64H2,1-3H3,(H,75,82)/b20-17-,27-25-,40-37-,47-44-,60-57+. The Hall–Kier alpha value is -2.64. The monoisotopic (exact) mass is 1200 g/mol. The maximum Gasteiger partial charge on any atom is 0.306 e. The van der Waals surface area contributed by atoms with Crippen LogP contribution in [0.4, 0.5) is 0 Å². The second kappa shape index (κ2) is 61.6. The van der Waals surface area contributed by atoms with E-state index < -0.39 is 67.4 Å². The smallest absolute Gasteiger partial charge is 0.306 e. The number of nitrogens with one attached hydrogen (secondary N) is 1. The highest BCUT2D eigenvalue weighted by Gasteiger charge is 2.47. The molecule has 0 aliphatic carbocycles. The zero-order valence-electron chi connectivity index (χ0n) is 55.2. The molecule has 1 fully saturated rings. The van der Waals surface area contributed by atoms with Gasteiger partial charge in [0.1, 0.15) is 24.4 Å². The molecule has 1 saturated heterocycles. The summed E-state index contributed by atoms with van der Waals surface area (Å²) in [5.74, 6) is -1.22. The molecule has 6 N–H and O–H groups in total. The summed E-state index contributed by atoms with van der Waals surface area (Å²) in [6.07, 6.45) is 68.5. The molecule has 0 spiro atoms. The molecule has 85 heavy (non-hydrogen) atoms. The third kappa shape index (κ3) is 48.9. The van der Waals surface area contributed by atoms with Crippen LogP contribution in [-0.4, -0.2) is 99.6 Å². The van der Waals surface area contributed by atoms with E-state index in [4.69, 9.17) is 14.2 Å². The molecule has 0 radical (unpaired) electrons. The average Bonchev–Trinajstić information content (AvgIpc) is 2.90. The first kappa shape index (κ1) is 80.4. The number of allylic oxidation sites excluding steroid dienone is 9. The van der Waals surface area contributed by atoms with Gasteiger partial charge in [-0.25, -0.2) is 0 Å². The van der Waals surface area contributed by atoms with Gasteiger partial charge in [-0.2, -0.15) is 0 Å². The third-order valence-electron chi connectivity index (χ3n) is 16.9. The van der Waals surface area contributed by atoms with E-state index in [9.17, 15) is 35.1 Å². The predicted molar refractivity (Wildman–Crippen MR) is 356 cm³/mol. The molecule has 8 atom stereocenters. The quantitative estimate of drug-likeness (QED) is 0.0195. The Balaban J connectivity index is 2.55. The van der Waals surface area contributed by atoms with E-state index in [0.29, 0.717) is 19.3 Å². The fourth-order valence-electron chi connectivity index (χ4n) is 11.2. The topological polar surface area (TPSA) is 175 Å². The van der Waals surface area contributed by atoms with Crippen molar-refractivity contribution in [3.63, 3.8) is 0 Å². The fraction of sp³-hybridized carbons (Fsp3) is 0.838. The van der Waals surface area contributed by atoms with Crippen molar-refractivity contribution in [1.29, 1.82) is 0 Å². The summed E-state index contributed by atoms with van der Waals surface area (Å²) in [6.45, 7) is 5.78. The van der Waals surface area contributed by atoms with Crippen LogP contribution in [0.2, 0.25) is 0 Å². The van der Waals surface area contributed by atoms with Crippen molar-refractivity contribution in [2.24, 2.45) is 0 Å². The number of carbonyl (C=O) groups excluding carboxylic acids is 2. The molecule has 1 aliphatic rings. The minimum Gasteiger partial charge on any atom is -0.454 e. The Bertz CT molecular complexity index is 1620. The van der Waals surface area contributed by atoms with Crippen LogP contribution < -0.4 is 5.32 Å². The molecule has 11 nitrogen and oxygen atoms in total. The second-order valence-corrected chi connectivity index (χ2v) is 25.0. The summed E-state index contributed by atoms with van der Waals surface area (Å²) in [5, 5.41) is 57.2. The normalized spacial score (nSPS) is 18.7. The summed E-state index contributed by atoms with van der Waals surface area (Å²) in [6, 6.07) is -1.03. The number of ether oxygens (including phenoxy) is 3. The lowest BCUT2D eigenvalue weighted by Crippen LogP contribution is -2.61. The Morgan fingerprint density at radius 2 is 0.812 bits per heavy atom. The summed E-state index contributed by atoms with van der Waals surface area (Å²) in [4.78, 5) is 26.6. The zero-order chi connectivity index (χ0) is 61.7. The summed E-state index contributed by atoms with van der Waals surface area (Å²) in [7, 11) is 0. The van der Waals surface area contributed by atoms with Crippen molar-refractivity contribution in [3.05, 3.63) is 60.8 Å². The maximum atomic E-state index is 13.5. The van der Waals surface area contributed by atoms with Gasteiger partial charge in [0.15, 0.2) is 12.4 Å². The highest BCUT2D eigenvalue weighted by Crippen LogP contribution is 2.26. The van der Waals surface area contributed by atoms with Crippen LogP contribution in [0.3, 0.4) is 0 Å². The zero-order valence-corrected chi connectivity index (χ0v) is 55.2. The SMILES string of the molecule is CCCCC/C=C\C/C=C\C/C=C\C/C=C\CCCCCC(=O)OC1C(OCC(NC(=O)C(O)CCCCCCCCCCCCCCCCCCCCCCCCCCCC)C(O)/C=C/CCCCCCCCCCC)OC(CO)C(O)C1O. The molecule has 1 amide bonds. The van der Waals surface area contributed by atoms with Crippen molar-refractivity contribution in [1.82, 2.24) is 5.32 Å². The minimum atomic E-state index is -1.63. The van der Waals surface area contributed by atoms with Crippen molar-refractivity contribution in [2.75, 3.05) is 13.2 Å². The van der Waals surface area contributed by atoms with Crippen LogP contribution in [-0.2, 0) is 23.8 Å². The Kier molecular flexibility index (Phi) is 58.2.